The van der Waals surface area contributed by atoms with E-state index in [2.05, 4.69) is 0 Å². The average Bonchev–Trinajstić information content (AvgIpc) is 2.01. The zero-order valence-corrected chi connectivity index (χ0v) is 8.73. The second-order valence-corrected chi connectivity index (χ2v) is 2.88. The maximum atomic E-state index is 8.74. The topological polar surface area (TPSA) is 113 Å². The van der Waals surface area contributed by atoms with Crippen LogP contribution in [0, 0.1) is 0 Å². The van der Waals surface area contributed by atoms with E-state index in [4.69, 9.17) is 32.1 Å². The molecule has 0 aliphatic heterocycles. The van der Waals surface area contributed by atoms with Gasteiger partial charge >= 0.3 is 10.4 Å². The second-order valence-electron chi connectivity index (χ2n) is 1.98. The first-order valence-corrected chi connectivity index (χ1v) is 5.27. The van der Waals surface area contributed by atoms with Gasteiger partial charge < -0.3 is 14.6 Å². The average molecular weight is 232 g/mol. The van der Waals surface area contributed by atoms with Crippen molar-refractivity contribution < 1.29 is 32.1 Å². The fourth-order valence-corrected chi connectivity index (χ4v) is 0.429. The van der Waals surface area contributed by atoms with Gasteiger partial charge in [0.15, 0.2) is 0 Å². The van der Waals surface area contributed by atoms with Crippen molar-refractivity contribution in [1.29, 1.82) is 0 Å². The van der Waals surface area contributed by atoms with Crippen LogP contribution in [0.15, 0.2) is 0 Å². The molecule has 14 heavy (non-hydrogen) atoms. The molecule has 7 nitrogen and oxygen atoms in total. The highest BCUT2D eigenvalue weighted by atomic mass is 32.3. The van der Waals surface area contributed by atoms with Crippen LogP contribution in [-0.2, 0) is 19.9 Å². The van der Waals surface area contributed by atoms with Gasteiger partial charge in [-0.2, -0.15) is 8.42 Å². The number of ether oxygens (including phenoxy) is 2. The van der Waals surface area contributed by atoms with Crippen molar-refractivity contribution >= 4 is 10.4 Å². The number of hydrogen-bond acceptors (Lipinski definition) is 5. The molecule has 0 amide bonds. The first-order valence-electron chi connectivity index (χ1n) is 3.88. The van der Waals surface area contributed by atoms with Crippen molar-refractivity contribution in [1.82, 2.24) is 0 Å². The SMILES string of the molecule is CCOCCOCCO.O=S(=O)(O)O. The highest BCUT2D eigenvalue weighted by Gasteiger charge is 1.85. The van der Waals surface area contributed by atoms with Crippen LogP contribution in [0.3, 0.4) is 0 Å². The molecule has 0 saturated heterocycles. The number of hydrogen-bond donors (Lipinski definition) is 3. The molecule has 0 aromatic heterocycles. The molecular weight excluding hydrogens is 216 g/mol. The second kappa shape index (κ2) is 10.8. The predicted octanol–water partition coefficient (Wildman–Crippen LogP) is -0.621. The van der Waals surface area contributed by atoms with Gasteiger partial charge in [-0.3, -0.25) is 9.11 Å². The van der Waals surface area contributed by atoms with Crippen LogP contribution in [-0.4, -0.2) is 55.7 Å². The Hall–Kier alpha value is -0.250. The Labute approximate surface area is 83.2 Å². The minimum absolute atomic E-state index is 0.0894. The van der Waals surface area contributed by atoms with Gasteiger partial charge in [-0.25, -0.2) is 0 Å². The van der Waals surface area contributed by atoms with Crippen LogP contribution in [0.1, 0.15) is 6.92 Å². The molecule has 88 valence electrons. The lowest BCUT2D eigenvalue weighted by atomic mass is 10.7. The third-order valence-electron chi connectivity index (χ3n) is 0.812. The molecule has 0 heterocycles. The lowest BCUT2D eigenvalue weighted by molar-refractivity contribution is 0.0370. The maximum Gasteiger partial charge on any atom is 0.394 e. The Morgan fingerprint density at radius 1 is 1.07 bits per heavy atom. The van der Waals surface area contributed by atoms with Crippen LogP contribution in [0.4, 0.5) is 0 Å². The van der Waals surface area contributed by atoms with Crippen LogP contribution in [0.25, 0.3) is 0 Å². The molecule has 0 aromatic carbocycles. The van der Waals surface area contributed by atoms with E-state index < -0.39 is 10.4 Å². The number of aliphatic hydroxyl groups is 1. The van der Waals surface area contributed by atoms with E-state index in [0.29, 0.717) is 19.8 Å². The lowest BCUT2D eigenvalue weighted by Crippen LogP contribution is -2.06. The Morgan fingerprint density at radius 3 is 1.86 bits per heavy atom. The summed E-state index contributed by atoms with van der Waals surface area (Å²) in [7, 11) is -4.67. The Balaban J connectivity index is 0. The minimum atomic E-state index is -4.67. The minimum Gasteiger partial charge on any atom is -0.394 e. The van der Waals surface area contributed by atoms with E-state index in [0.717, 1.165) is 6.61 Å². The molecule has 0 bridgehead atoms. The molecule has 0 unspecified atom stereocenters. The molecule has 0 rings (SSSR count). The maximum absolute atomic E-state index is 8.74. The molecule has 0 aliphatic rings. The van der Waals surface area contributed by atoms with Crippen LogP contribution in [0.2, 0.25) is 0 Å². The summed E-state index contributed by atoms with van der Waals surface area (Å²) in [5.74, 6) is 0. The quantitative estimate of drug-likeness (QED) is 0.413. The van der Waals surface area contributed by atoms with Crippen LogP contribution >= 0.6 is 0 Å². The summed E-state index contributed by atoms with van der Waals surface area (Å²) in [6.07, 6.45) is 0. The Bertz CT molecular complexity index is 174. The van der Waals surface area contributed by atoms with Gasteiger partial charge in [-0.05, 0) is 6.92 Å². The Morgan fingerprint density at radius 2 is 1.50 bits per heavy atom. The zero-order valence-electron chi connectivity index (χ0n) is 7.92. The van der Waals surface area contributed by atoms with Crippen molar-refractivity contribution in [2.75, 3.05) is 33.0 Å². The van der Waals surface area contributed by atoms with E-state index in [-0.39, 0.29) is 6.61 Å². The van der Waals surface area contributed by atoms with Gasteiger partial charge in [-0.1, -0.05) is 0 Å². The van der Waals surface area contributed by atoms with Gasteiger partial charge in [-0.15, -0.1) is 0 Å². The zero-order chi connectivity index (χ0) is 11.4. The largest absolute Gasteiger partial charge is 0.394 e. The molecule has 8 heteroatoms. The molecular formula is C6H16O7S. The first-order chi connectivity index (χ1) is 6.41. The highest BCUT2D eigenvalue weighted by Crippen LogP contribution is 1.76. The predicted molar refractivity (Wildman–Crippen MR) is 48.6 cm³/mol. The van der Waals surface area contributed by atoms with Crippen molar-refractivity contribution in [2.24, 2.45) is 0 Å². The summed E-state index contributed by atoms with van der Waals surface area (Å²) in [4.78, 5) is 0. The fourth-order valence-electron chi connectivity index (χ4n) is 0.429. The molecule has 3 N–H and O–H groups in total. The Kier molecular flexibility index (Phi) is 12.5. The van der Waals surface area contributed by atoms with Crippen molar-refractivity contribution in [3.63, 3.8) is 0 Å². The number of rotatable bonds is 6. The monoisotopic (exact) mass is 232 g/mol. The summed E-state index contributed by atoms with van der Waals surface area (Å²) in [6, 6.07) is 0. The van der Waals surface area contributed by atoms with E-state index in [1.807, 2.05) is 6.92 Å². The summed E-state index contributed by atoms with van der Waals surface area (Å²) in [5.41, 5.74) is 0. The van der Waals surface area contributed by atoms with Crippen molar-refractivity contribution in [3.8, 4) is 0 Å². The third-order valence-corrected chi connectivity index (χ3v) is 0.812. The fraction of sp³-hybridized carbons (Fsp3) is 1.00. The van der Waals surface area contributed by atoms with Crippen molar-refractivity contribution in [3.05, 3.63) is 0 Å². The smallest absolute Gasteiger partial charge is 0.394 e. The van der Waals surface area contributed by atoms with E-state index in [1.54, 1.807) is 0 Å². The van der Waals surface area contributed by atoms with Gasteiger partial charge in [0.1, 0.15) is 0 Å². The molecule has 0 fully saturated rings. The van der Waals surface area contributed by atoms with Gasteiger partial charge in [0.25, 0.3) is 0 Å². The highest BCUT2D eigenvalue weighted by molar-refractivity contribution is 7.79. The standard InChI is InChI=1S/C6H14O3.H2O4S/c1-2-8-5-6-9-4-3-7;1-5(2,3)4/h7H,2-6H2,1H3;(H2,1,2,3,4). The summed E-state index contributed by atoms with van der Waals surface area (Å²) >= 11 is 0. The van der Waals surface area contributed by atoms with Gasteiger partial charge in [0.2, 0.25) is 0 Å². The van der Waals surface area contributed by atoms with Crippen molar-refractivity contribution in [2.45, 2.75) is 6.92 Å². The molecule has 0 spiro atoms. The van der Waals surface area contributed by atoms with E-state index in [9.17, 15) is 0 Å². The third kappa shape index (κ3) is 41.1. The van der Waals surface area contributed by atoms with E-state index >= 15 is 0 Å². The number of aliphatic hydroxyl groups excluding tert-OH is 1. The van der Waals surface area contributed by atoms with Crippen LogP contribution in [0.5, 0.6) is 0 Å². The first kappa shape index (κ1) is 16.2. The normalized spacial score (nSPS) is 10.6. The summed E-state index contributed by atoms with van der Waals surface area (Å²) < 4.78 is 41.5. The molecule has 0 radical (unpaired) electrons. The molecule has 0 atom stereocenters. The van der Waals surface area contributed by atoms with Crippen LogP contribution < -0.4 is 0 Å². The molecule has 0 aliphatic carbocycles. The molecule has 0 aromatic rings. The summed E-state index contributed by atoms with van der Waals surface area (Å²) in [5, 5.41) is 8.26. The molecule has 0 saturated carbocycles. The van der Waals surface area contributed by atoms with E-state index in [1.165, 1.54) is 0 Å². The van der Waals surface area contributed by atoms with Gasteiger partial charge in [0, 0.05) is 6.61 Å². The van der Waals surface area contributed by atoms with Gasteiger partial charge in [0.05, 0.1) is 26.4 Å². The lowest BCUT2D eigenvalue weighted by Gasteiger charge is -2.00. The summed E-state index contributed by atoms with van der Waals surface area (Å²) in [6.45, 7) is 4.36.